The average Bonchev–Trinajstić information content (AvgIpc) is 3.08. The largest absolute Gasteiger partial charge is 0.393 e. The van der Waals surface area contributed by atoms with Crippen LogP contribution in [0.25, 0.3) is 11.2 Å². The third kappa shape index (κ3) is 2.68. The van der Waals surface area contributed by atoms with E-state index in [4.69, 9.17) is 0 Å². The van der Waals surface area contributed by atoms with E-state index in [-0.39, 0.29) is 12.1 Å². The molecule has 2 heterocycles. The van der Waals surface area contributed by atoms with Crippen molar-refractivity contribution in [1.29, 1.82) is 0 Å². The monoisotopic (exact) mass is 302 g/mol. The van der Waals surface area contributed by atoms with E-state index in [1.807, 2.05) is 19.0 Å². The number of aromatic nitrogens is 4. The molecule has 1 saturated carbocycles. The number of nitrogens with zero attached hydrogens (tertiary/aromatic N) is 6. The summed E-state index contributed by atoms with van der Waals surface area (Å²) in [5.41, 5.74) is 1.49. The van der Waals surface area contributed by atoms with Gasteiger partial charge in [0.2, 0.25) is 0 Å². The molecule has 22 heavy (non-hydrogen) atoms. The first-order chi connectivity index (χ1) is 10.6. The Kier molecular flexibility index (Phi) is 4.06. The summed E-state index contributed by atoms with van der Waals surface area (Å²) in [5, 5.41) is 10.1. The van der Waals surface area contributed by atoms with Crippen LogP contribution in [0, 0.1) is 5.92 Å². The number of imidazole rings is 1. The Morgan fingerprint density at radius 2 is 2.18 bits per heavy atom. The SMILES string of the molecule is CC[C@H]1C[C@@H](n2cnc3c(/N=C/N(C)C)ncnc32)C[C@H]1O. The summed E-state index contributed by atoms with van der Waals surface area (Å²) in [5.74, 6) is 0.929. The molecule has 0 spiro atoms. The number of aliphatic imine (C=N–C) groups is 1. The second kappa shape index (κ2) is 6.00. The maximum absolute atomic E-state index is 10.1. The first kappa shape index (κ1) is 14.9. The van der Waals surface area contributed by atoms with Crippen molar-refractivity contribution in [2.45, 2.75) is 38.3 Å². The van der Waals surface area contributed by atoms with Gasteiger partial charge in [-0.05, 0) is 18.8 Å². The topological polar surface area (TPSA) is 79.4 Å². The van der Waals surface area contributed by atoms with Crippen molar-refractivity contribution in [2.24, 2.45) is 10.9 Å². The van der Waals surface area contributed by atoms with Gasteiger partial charge in [0.15, 0.2) is 17.0 Å². The van der Waals surface area contributed by atoms with Gasteiger partial charge in [-0.25, -0.2) is 19.9 Å². The molecule has 1 fully saturated rings. The van der Waals surface area contributed by atoms with E-state index < -0.39 is 0 Å². The lowest BCUT2D eigenvalue weighted by Crippen LogP contribution is -2.11. The van der Waals surface area contributed by atoms with Gasteiger partial charge in [0.05, 0.1) is 18.8 Å². The van der Waals surface area contributed by atoms with Crippen molar-refractivity contribution in [3.8, 4) is 0 Å². The highest BCUT2D eigenvalue weighted by Gasteiger charge is 2.33. The second-order valence-corrected chi connectivity index (χ2v) is 6.09. The van der Waals surface area contributed by atoms with Gasteiger partial charge >= 0.3 is 0 Å². The lowest BCUT2D eigenvalue weighted by Gasteiger charge is -2.12. The standard InChI is InChI=1S/C15H22N6O/c1-4-10-5-11(6-12(10)22)21-9-18-13-14(19-8-20(2)3)16-7-17-15(13)21/h7-12,22H,4-6H2,1-3H3/b19-8+/t10-,11+,12+/m0/s1. The Morgan fingerprint density at radius 1 is 1.36 bits per heavy atom. The Morgan fingerprint density at radius 3 is 2.86 bits per heavy atom. The fraction of sp³-hybridized carbons (Fsp3) is 0.600. The number of hydrogen-bond acceptors (Lipinski definition) is 5. The van der Waals surface area contributed by atoms with Gasteiger partial charge in [0.25, 0.3) is 0 Å². The first-order valence-electron chi connectivity index (χ1n) is 7.66. The van der Waals surface area contributed by atoms with Crippen LogP contribution in [0.2, 0.25) is 0 Å². The van der Waals surface area contributed by atoms with Crippen LogP contribution in [0.4, 0.5) is 5.82 Å². The van der Waals surface area contributed by atoms with Crippen molar-refractivity contribution in [2.75, 3.05) is 14.1 Å². The molecule has 1 N–H and O–H groups in total. The van der Waals surface area contributed by atoms with Crippen LogP contribution in [0.3, 0.4) is 0 Å². The van der Waals surface area contributed by atoms with E-state index in [9.17, 15) is 5.11 Å². The zero-order chi connectivity index (χ0) is 15.7. The summed E-state index contributed by atoms with van der Waals surface area (Å²) in [4.78, 5) is 19.2. The van der Waals surface area contributed by atoms with Gasteiger partial charge in [-0.15, -0.1) is 0 Å². The highest BCUT2D eigenvalue weighted by Crippen LogP contribution is 2.38. The summed E-state index contributed by atoms with van der Waals surface area (Å²) >= 11 is 0. The van der Waals surface area contributed by atoms with Gasteiger partial charge in [-0.3, -0.25) is 0 Å². The summed E-state index contributed by atoms with van der Waals surface area (Å²) < 4.78 is 2.06. The fourth-order valence-corrected chi connectivity index (χ4v) is 3.11. The van der Waals surface area contributed by atoms with E-state index in [0.29, 0.717) is 17.3 Å². The van der Waals surface area contributed by atoms with Gasteiger partial charge < -0.3 is 14.6 Å². The predicted octanol–water partition coefficient (Wildman–Crippen LogP) is 1.77. The van der Waals surface area contributed by atoms with Crippen molar-refractivity contribution < 1.29 is 5.11 Å². The molecule has 7 nitrogen and oxygen atoms in total. The Labute approximate surface area is 129 Å². The minimum atomic E-state index is -0.236. The van der Waals surface area contributed by atoms with Gasteiger partial charge in [-0.2, -0.15) is 0 Å². The van der Waals surface area contributed by atoms with Crippen LogP contribution in [0.15, 0.2) is 17.6 Å². The molecule has 0 amide bonds. The molecule has 118 valence electrons. The molecule has 0 radical (unpaired) electrons. The number of hydrogen-bond donors (Lipinski definition) is 1. The number of fused-ring (bicyclic) bond motifs is 1. The van der Waals surface area contributed by atoms with Crippen molar-refractivity contribution in [1.82, 2.24) is 24.4 Å². The third-order valence-corrected chi connectivity index (χ3v) is 4.30. The van der Waals surface area contributed by atoms with Crippen LogP contribution >= 0.6 is 0 Å². The molecule has 3 rings (SSSR count). The van der Waals surface area contributed by atoms with Crippen LogP contribution in [0.1, 0.15) is 32.2 Å². The molecule has 0 aliphatic heterocycles. The van der Waals surface area contributed by atoms with E-state index in [1.165, 1.54) is 6.33 Å². The molecule has 0 unspecified atom stereocenters. The third-order valence-electron chi connectivity index (χ3n) is 4.30. The Balaban J connectivity index is 1.95. The van der Waals surface area contributed by atoms with Crippen LogP contribution in [-0.2, 0) is 0 Å². The second-order valence-electron chi connectivity index (χ2n) is 6.09. The summed E-state index contributed by atoms with van der Waals surface area (Å²) in [6.45, 7) is 2.12. The fourth-order valence-electron chi connectivity index (χ4n) is 3.11. The van der Waals surface area contributed by atoms with Crippen LogP contribution in [-0.4, -0.2) is 56.1 Å². The molecule has 1 aliphatic rings. The molecule has 1 aliphatic carbocycles. The average molecular weight is 302 g/mol. The minimum absolute atomic E-state index is 0.236. The molecule has 0 aromatic carbocycles. The van der Waals surface area contributed by atoms with Crippen LogP contribution in [0.5, 0.6) is 0 Å². The lowest BCUT2D eigenvalue weighted by molar-refractivity contribution is 0.129. The smallest absolute Gasteiger partial charge is 0.184 e. The number of aliphatic hydroxyl groups is 1. The molecule has 0 saturated heterocycles. The molecular weight excluding hydrogens is 280 g/mol. The van der Waals surface area contributed by atoms with E-state index >= 15 is 0 Å². The Hall–Kier alpha value is -2.02. The molecule has 7 heteroatoms. The minimum Gasteiger partial charge on any atom is -0.393 e. The highest BCUT2D eigenvalue weighted by molar-refractivity contribution is 5.82. The van der Waals surface area contributed by atoms with Crippen molar-refractivity contribution in [3.05, 3.63) is 12.7 Å². The number of aliphatic hydroxyl groups excluding tert-OH is 1. The molecular formula is C15H22N6O. The Bertz CT molecular complexity index is 680. The predicted molar refractivity (Wildman–Crippen MR) is 85.2 cm³/mol. The van der Waals surface area contributed by atoms with Crippen molar-refractivity contribution in [3.63, 3.8) is 0 Å². The molecule has 2 aromatic heterocycles. The summed E-state index contributed by atoms with van der Waals surface area (Å²) in [7, 11) is 3.82. The first-order valence-corrected chi connectivity index (χ1v) is 7.66. The normalized spacial score (nSPS) is 25.4. The zero-order valence-electron chi connectivity index (χ0n) is 13.2. The van der Waals surface area contributed by atoms with Crippen LogP contribution < -0.4 is 0 Å². The lowest BCUT2D eigenvalue weighted by atomic mass is 10.0. The molecule has 0 bridgehead atoms. The quantitative estimate of drug-likeness (QED) is 0.688. The summed E-state index contributed by atoms with van der Waals surface area (Å²) in [6, 6.07) is 0.241. The van der Waals surface area contributed by atoms with E-state index in [0.717, 1.165) is 24.9 Å². The molecule has 3 atom stereocenters. The summed E-state index contributed by atoms with van der Waals surface area (Å²) in [6.07, 6.45) is 7.49. The maximum atomic E-state index is 10.1. The van der Waals surface area contributed by atoms with Gasteiger partial charge in [0, 0.05) is 20.1 Å². The highest BCUT2D eigenvalue weighted by atomic mass is 16.3. The van der Waals surface area contributed by atoms with E-state index in [2.05, 4.69) is 31.4 Å². The number of rotatable bonds is 4. The maximum Gasteiger partial charge on any atom is 0.184 e. The van der Waals surface area contributed by atoms with Crippen molar-refractivity contribution >= 4 is 23.3 Å². The van der Waals surface area contributed by atoms with Gasteiger partial charge in [0.1, 0.15) is 6.33 Å². The zero-order valence-corrected chi connectivity index (χ0v) is 13.2. The molecule has 2 aromatic rings. The van der Waals surface area contributed by atoms with E-state index in [1.54, 1.807) is 12.7 Å². The van der Waals surface area contributed by atoms with Gasteiger partial charge in [-0.1, -0.05) is 13.3 Å².